The molecule has 1 saturated heterocycles. The van der Waals surface area contributed by atoms with E-state index in [0.717, 1.165) is 19.6 Å². The second kappa shape index (κ2) is 7.19. The van der Waals surface area contributed by atoms with E-state index in [1.165, 1.54) is 18.4 Å². The zero-order valence-electron chi connectivity index (χ0n) is 12.9. The first-order valence-electron chi connectivity index (χ1n) is 7.83. The van der Waals surface area contributed by atoms with Crippen LogP contribution in [0, 0.1) is 11.7 Å². The second-order valence-electron chi connectivity index (χ2n) is 6.05. The summed E-state index contributed by atoms with van der Waals surface area (Å²) < 4.78 is 13.0. The van der Waals surface area contributed by atoms with E-state index in [9.17, 15) is 4.39 Å². The van der Waals surface area contributed by atoms with Crippen LogP contribution in [0.2, 0.25) is 0 Å². The predicted octanol–water partition coefficient (Wildman–Crippen LogP) is 3.42. The third-order valence-electron chi connectivity index (χ3n) is 4.65. The molecule has 0 aromatic heterocycles. The molecule has 1 aromatic rings. The van der Waals surface area contributed by atoms with Crippen LogP contribution in [0.3, 0.4) is 0 Å². The van der Waals surface area contributed by atoms with Crippen molar-refractivity contribution in [3.63, 3.8) is 0 Å². The number of nitrogens with one attached hydrogen (secondary N) is 1. The SMILES string of the molecule is CCCNC1CCN(Cc2ccc(F)cc2)C(C)C1C. The zero-order valence-corrected chi connectivity index (χ0v) is 12.9. The van der Waals surface area contributed by atoms with Gasteiger partial charge in [-0.25, -0.2) is 4.39 Å². The lowest BCUT2D eigenvalue weighted by molar-refractivity contribution is 0.0785. The van der Waals surface area contributed by atoms with Crippen LogP contribution >= 0.6 is 0 Å². The summed E-state index contributed by atoms with van der Waals surface area (Å²) in [5.74, 6) is 0.494. The van der Waals surface area contributed by atoms with Crippen molar-refractivity contribution in [1.29, 1.82) is 0 Å². The molecule has 2 nitrogen and oxygen atoms in total. The highest BCUT2D eigenvalue weighted by molar-refractivity contribution is 5.16. The smallest absolute Gasteiger partial charge is 0.123 e. The topological polar surface area (TPSA) is 15.3 Å². The molecule has 3 heteroatoms. The Morgan fingerprint density at radius 3 is 2.60 bits per heavy atom. The first-order valence-corrected chi connectivity index (χ1v) is 7.83. The molecule has 1 fully saturated rings. The lowest BCUT2D eigenvalue weighted by atomic mass is 9.86. The van der Waals surface area contributed by atoms with Crippen LogP contribution in [0.5, 0.6) is 0 Å². The Morgan fingerprint density at radius 2 is 1.95 bits per heavy atom. The molecule has 0 radical (unpaired) electrons. The molecule has 1 aliphatic rings. The molecule has 0 bridgehead atoms. The number of piperidine rings is 1. The van der Waals surface area contributed by atoms with Gasteiger partial charge in [0, 0.05) is 25.2 Å². The first-order chi connectivity index (χ1) is 9.61. The number of rotatable bonds is 5. The quantitative estimate of drug-likeness (QED) is 0.888. The van der Waals surface area contributed by atoms with Crippen LogP contribution < -0.4 is 5.32 Å². The summed E-state index contributed by atoms with van der Waals surface area (Å²) in [6.07, 6.45) is 2.39. The van der Waals surface area contributed by atoms with Crippen molar-refractivity contribution in [2.75, 3.05) is 13.1 Å². The van der Waals surface area contributed by atoms with Crippen LogP contribution in [-0.4, -0.2) is 30.1 Å². The van der Waals surface area contributed by atoms with Crippen LogP contribution in [-0.2, 0) is 6.54 Å². The van der Waals surface area contributed by atoms with E-state index in [1.54, 1.807) is 12.1 Å². The second-order valence-corrected chi connectivity index (χ2v) is 6.05. The summed E-state index contributed by atoms with van der Waals surface area (Å²) in [5, 5.41) is 3.67. The Balaban J connectivity index is 1.92. The molecule has 0 saturated carbocycles. The van der Waals surface area contributed by atoms with Crippen molar-refractivity contribution >= 4 is 0 Å². The van der Waals surface area contributed by atoms with Gasteiger partial charge in [-0.05, 0) is 49.9 Å². The molecule has 0 spiro atoms. The Kier molecular flexibility index (Phi) is 5.55. The standard InChI is InChI=1S/C17H27FN2/c1-4-10-19-17-9-11-20(14(3)13(17)2)12-15-5-7-16(18)8-6-15/h5-8,13-14,17,19H,4,9-12H2,1-3H3. The van der Waals surface area contributed by atoms with Gasteiger partial charge >= 0.3 is 0 Å². The van der Waals surface area contributed by atoms with Crippen molar-refractivity contribution < 1.29 is 4.39 Å². The average Bonchev–Trinajstić information content (AvgIpc) is 2.45. The van der Waals surface area contributed by atoms with E-state index in [4.69, 9.17) is 0 Å². The van der Waals surface area contributed by atoms with Gasteiger partial charge in [-0.1, -0.05) is 26.0 Å². The highest BCUT2D eigenvalue weighted by atomic mass is 19.1. The molecule has 3 unspecified atom stereocenters. The lowest BCUT2D eigenvalue weighted by Gasteiger charge is -2.43. The van der Waals surface area contributed by atoms with Crippen molar-refractivity contribution in [3.8, 4) is 0 Å². The van der Waals surface area contributed by atoms with E-state index >= 15 is 0 Å². The number of likely N-dealkylation sites (tertiary alicyclic amines) is 1. The van der Waals surface area contributed by atoms with Gasteiger partial charge in [0.05, 0.1) is 0 Å². The molecular formula is C17H27FN2. The molecule has 112 valence electrons. The van der Waals surface area contributed by atoms with Gasteiger partial charge in [0.2, 0.25) is 0 Å². The maximum absolute atomic E-state index is 13.0. The molecule has 1 heterocycles. The van der Waals surface area contributed by atoms with E-state index in [-0.39, 0.29) is 5.82 Å². The maximum atomic E-state index is 13.0. The summed E-state index contributed by atoms with van der Waals surface area (Å²) in [5.41, 5.74) is 1.20. The maximum Gasteiger partial charge on any atom is 0.123 e. The Hall–Kier alpha value is -0.930. The fraction of sp³-hybridized carbons (Fsp3) is 0.647. The van der Waals surface area contributed by atoms with Gasteiger partial charge < -0.3 is 5.32 Å². The van der Waals surface area contributed by atoms with Gasteiger partial charge in [-0.15, -0.1) is 0 Å². The molecule has 20 heavy (non-hydrogen) atoms. The summed E-state index contributed by atoms with van der Waals surface area (Å²) in [4.78, 5) is 2.52. The van der Waals surface area contributed by atoms with Crippen LogP contribution in [0.1, 0.15) is 39.2 Å². The Labute approximate surface area is 122 Å². The molecule has 0 aliphatic carbocycles. The number of halogens is 1. The predicted molar refractivity (Wildman–Crippen MR) is 82.1 cm³/mol. The van der Waals surface area contributed by atoms with Crippen LogP contribution in [0.25, 0.3) is 0 Å². The first kappa shape index (κ1) is 15.5. The summed E-state index contributed by atoms with van der Waals surface area (Å²) in [7, 11) is 0. The minimum atomic E-state index is -0.155. The summed E-state index contributed by atoms with van der Waals surface area (Å²) >= 11 is 0. The van der Waals surface area contributed by atoms with Gasteiger partial charge in [-0.3, -0.25) is 4.90 Å². The van der Waals surface area contributed by atoms with E-state index in [1.807, 2.05) is 12.1 Å². The molecule has 3 atom stereocenters. The molecule has 2 rings (SSSR count). The van der Waals surface area contributed by atoms with E-state index < -0.39 is 0 Å². The van der Waals surface area contributed by atoms with Crippen molar-refractivity contribution in [2.24, 2.45) is 5.92 Å². The highest BCUT2D eigenvalue weighted by Crippen LogP contribution is 2.25. The minimum absolute atomic E-state index is 0.155. The molecule has 1 aliphatic heterocycles. The lowest BCUT2D eigenvalue weighted by Crippen LogP contribution is -2.53. The number of nitrogens with zero attached hydrogens (tertiary/aromatic N) is 1. The highest BCUT2D eigenvalue weighted by Gasteiger charge is 2.31. The summed E-state index contributed by atoms with van der Waals surface area (Å²) in [6, 6.07) is 8.10. The van der Waals surface area contributed by atoms with Crippen molar-refractivity contribution in [2.45, 2.75) is 52.2 Å². The fourth-order valence-electron chi connectivity index (χ4n) is 3.11. The Bertz CT molecular complexity index is 404. The normalized spacial score (nSPS) is 27.7. The third-order valence-corrected chi connectivity index (χ3v) is 4.65. The fourth-order valence-corrected chi connectivity index (χ4v) is 3.11. The molecule has 0 amide bonds. The summed E-state index contributed by atoms with van der Waals surface area (Å²) in [6.45, 7) is 10.0. The molecule has 1 N–H and O–H groups in total. The number of hydrogen-bond donors (Lipinski definition) is 1. The van der Waals surface area contributed by atoms with Crippen LogP contribution in [0.4, 0.5) is 4.39 Å². The van der Waals surface area contributed by atoms with Gasteiger partial charge in [-0.2, -0.15) is 0 Å². The van der Waals surface area contributed by atoms with Gasteiger partial charge in [0.15, 0.2) is 0 Å². The average molecular weight is 278 g/mol. The Morgan fingerprint density at radius 1 is 1.25 bits per heavy atom. The van der Waals surface area contributed by atoms with Crippen molar-refractivity contribution in [1.82, 2.24) is 10.2 Å². The van der Waals surface area contributed by atoms with Gasteiger partial charge in [0.1, 0.15) is 5.82 Å². The van der Waals surface area contributed by atoms with Gasteiger partial charge in [0.25, 0.3) is 0 Å². The minimum Gasteiger partial charge on any atom is -0.314 e. The van der Waals surface area contributed by atoms with E-state index in [2.05, 4.69) is 31.0 Å². The van der Waals surface area contributed by atoms with E-state index in [0.29, 0.717) is 18.0 Å². The zero-order chi connectivity index (χ0) is 14.5. The molecular weight excluding hydrogens is 251 g/mol. The number of hydrogen-bond acceptors (Lipinski definition) is 2. The largest absolute Gasteiger partial charge is 0.314 e. The molecule has 1 aromatic carbocycles. The third kappa shape index (κ3) is 3.80. The number of benzene rings is 1. The van der Waals surface area contributed by atoms with Crippen LogP contribution in [0.15, 0.2) is 24.3 Å². The van der Waals surface area contributed by atoms with Crippen molar-refractivity contribution in [3.05, 3.63) is 35.6 Å². The monoisotopic (exact) mass is 278 g/mol.